The molecule has 0 unspecified atom stereocenters. The Bertz CT molecular complexity index is 725. The van der Waals surface area contributed by atoms with Gasteiger partial charge in [0.1, 0.15) is 6.61 Å². The molecule has 1 saturated heterocycles. The number of amides is 1. The van der Waals surface area contributed by atoms with Crippen LogP contribution in [0.2, 0.25) is 0 Å². The fraction of sp³-hybridized carbons (Fsp3) is 0.429. The van der Waals surface area contributed by atoms with Gasteiger partial charge in [-0.2, -0.15) is 0 Å². The van der Waals surface area contributed by atoms with Gasteiger partial charge in [-0.15, -0.1) is 0 Å². The molecule has 0 N–H and O–H groups in total. The molecule has 26 heavy (non-hydrogen) atoms. The van der Waals surface area contributed by atoms with Crippen LogP contribution in [0.5, 0.6) is 11.5 Å². The van der Waals surface area contributed by atoms with Crippen molar-refractivity contribution in [3.63, 3.8) is 0 Å². The summed E-state index contributed by atoms with van der Waals surface area (Å²) in [6.07, 6.45) is 5.61. The standard InChI is InChI=1S/C21H26N2O3/c1-3-25-20-14-18(21(24)23-12-8-16(2)9-13-23)4-5-19(20)26-15-17-6-10-22-11-7-17/h4-7,10-11,14,16H,3,8-9,12-13,15H2,1-2H3. The van der Waals surface area contributed by atoms with E-state index in [1.807, 2.05) is 36.1 Å². The fourth-order valence-corrected chi connectivity index (χ4v) is 3.06. The molecule has 5 heteroatoms. The van der Waals surface area contributed by atoms with Gasteiger partial charge in [0.15, 0.2) is 11.5 Å². The Morgan fingerprint density at radius 1 is 1.12 bits per heavy atom. The van der Waals surface area contributed by atoms with E-state index in [9.17, 15) is 4.79 Å². The highest BCUT2D eigenvalue weighted by atomic mass is 16.5. The third kappa shape index (κ3) is 4.54. The highest BCUT2D eigenvalue weighted by Gasteiger charge is 2.22. The molecule has 0 aliphatic carbocycles. The Morgan fingerprint density at radius 3 is 2.54 bits per heavy atom. The largest absolute Gasteiger partial charge is 0.490 e. The minimum atomic E-state index is 0.0681. The van der Waals surface area contributed by atoms with Crippen LogP contribution in [-0.2, 0) is 6.61 Å². The molecule has 0 radical (unpaired) electrons. The molecule has 0 spiro atoms. The van der Waals surface area contributed by atoms with Crippen LogP contribution in [0.4, 0.5) is 0 Å². The van der Waals surface area contributed by atoms with Gasteiger partial charge >= 0.3 is 0 Å². The summed E-state index contributed by atoms with van der Waals surface area (Å²) in [6, 6.07) is 9.27. The SMILES string of the molecule is CCOc1cc(C(=O)N2CCC(C)CC2)ccc1OCc1ccncc1. The molecule has 1 aromatic heterocycles. The molecule has 1 amide bonds. The van der Waals surface area contributed by atoms with Crippen LogP contribution in [0.1, 0.15) is 42.6 Å². The summed E-state index contributed by atoms with van der Waals surface area (Å²) in [5.74, 6) is 2.02. The number of hydrogen-bond donors (Lipinski definition) is 0. The normalized spacial score (nSPS) is 14.9. The quantitative estimate of drug-likeness (QED) is 0.789. The molecule has 1 fully saturated rings. The minimum absolute atomic E-state index is 0.0681. The molecular weight excluding hydrogens is 328 g/mol. The highest BCUT2D eigenvalue weighted by molar-refractivity contribution is 5.95. The van der Waals surface area contributed by atoms with Gasteiger partial charge in [-0.1, -0.05) is 6.92 Å². The number of piperidine rings is 1. The van der Waals surface area contributed by atoms with Gasteiger partial charge < -0.3 is 14.4 Å². The predicted molar refractivity (Wildman–Crippen MR) is 100 cm³/mol. The third-order valence-corrected chi connectivity index (χ3v) is 4.71. The summed E-state index contributed by atoms with van der Waals surface area (Å²) in [5.41, 5.74) is 1.68. The summed E-state index contributed by atoms with van der Waals surface area (Å²) >= 11 is 0. The third-order valence-electron chi connectivity index (χ3n) is 4.71. The first-order chi connectivity index (χ1) is 12.7. The number of carbonyl (C=O) groups excluding carboxylic acids is 1. The van der Waals surface area contributed by atoms with Gasteiger partial charge in [-0.25, -0.2) is 0 Å². The number of likely N-dealkylation sites (tertiary alicyclic amines) is 1. The molecule has 138 valence electrons. The van der Waals surface area contributed by atoms with Gasteiger partial charge in [0, 0.05) is 31.0 Å². The first kappa shape index (κ1) is 18.2. The topological polar surface area (TPSA) is 51.7 Å². The summed E-state index contributed by atoms with van der Waals surface area (Å²) in [6.45, 7) is 6.76. The number of rotatable bonds is 6. The van der Waals surface area contributed by atoms with Gasteiger partial charge in [-0.05, 0) is 61.6 Å². The Balaban J connectivity index is 1.72. The molecule has 0 bridgehead atoms. The second-order valence-corrected chi connectivity index (χ2v) is 6.71. The monoisotopic (exact) mass is 354 g/mol. The molecule has 0 atom stereocenters. The van der Waals surface area contributed by atoms with E-state index in [-0.39, 0.29) is 5.91 Å². The van der Waals surface area contributed by atoms with E-state index in [0.717, 1.165) is 31.5 Å². The Hall–Kier alpha value is -2.56. The van der Waals surface area contributed by atoms with Crippen molar-refractivity contribution in [3.05, 3.63) is 53.9 Å². The lowest BCUT2D eigenvalue weighted by molar-refractivity contribution is 0.0696. The van der Waals surface area contributed by atoms with Crippen molar-refractivity contribution in [2.24, 2.45) is 5.92 Å². The van der Waals surface area contributed by atoms with Crippen molar-refractivity contribution in [1.29, 1.82) is 0 Å². The van der Waals surface area contributed by atoms with Crippen molar-refractivity contribution in [1.82, 2.24) is 9.88 Å². The summed E-state index contributed by atoms with van der Waals surface area (Å²) in [4.78, 5) is 18.7. The maximum absolute atomic E-state index is 12.8. The van der Waals surface area contributed by atoms with Gasteiger partial charge in [0.2, 0.25) is 0 Å². The van der Waals surface area contributed by atoms with Crippen molar-refractivity contribution in [2.45, 2.75) is 33.3 Å². The lowest BCUT2D eigenvalue weighted by atomic mass is 9.98. The van der Waals surface area contributed by atoms with E-state index < -0.39 is 0 Å². The fourth-order valence-electron chi connectivity index (χ4n) is 3.06. The number of hydrogen-bond acceptors (Lipinski definition) is 4. The maximum Gasteiger partial charge on any atom is 0.253 e. The predicted octanol–water partition coefficient (Wildman–Crippen LogP) is 3.93. The molecule has 3 rings (SSSR count). The van der Waals surface area contributed by atoms with Gasteiger partial charge in [0.05, 0.1) is 6.61 Å². The highest BCUT2D eigenvalue weighted by Crippen LogP contribution is 2.30. The Labute approximate surface area is 155 Å². The number of benzene rings is 1. The van der Waals surface area contributed by atoms with E-state index in [2.05, 4.69) is 11.9 Å². The van der Waals surface area contributed by atoms with Crippen LogP contribution < -0.4 is 9.47 Å². The molecule has 1 aliphatic rings. The molecule has 2 heterocycles. The first-order valence-corrected chi connectivity index (χ1v) is 9.25. The van der Waals surface area contributed by atoms with Crippen LogP contribution in [0.15, 0.2) is 42.7 Å². The zero-order chi connectivity index (χ0) is 18.4. The lowest BCUT2D eigenvalue weighted by Crippen LogP contribution is -2.37. The van der Waals surface area contributed by atoms with Crippen LogP contribution in [0.3, 0.4) is 0 Å². The molecule has 0 saturated carbocycles. The van der Waals surface area contributed by atoms with E-state index in [1.165, 1.54) is 0 Å². The zero-order valence-electron chi connectivity index (χ0n) is 15.5. The van der Waals surface area contributed by atoms with Crippen molar-refractivity contribution in [3.8, 4) is 11.5 Å². The average Bonchev–Trinajstić information content (AvgIpc) is 2.68. The first-order valence-electron chi connectivity index (χ1n) is 9.25. The van der Waals surface area contributed by atoms with E-state index in [4.69, 9.17) is 9.47 Å². The molecule has 2 aromatic rings. The molecule has 1 aliphatic heterocycles. The van der Waals surface area contributed by atoms with Crippen molar-refractivity contribution in [2.75, 3.05) is 19.7 Å². The van der Waals surface area contributed by atoms with Gasteiger partial charge in [0.25, 0.3) is 5.91 Å². The second kappa shape index (κ2) is 8.70. The smallest absolute Gasteiger partial charge is 0.253 e. The minimum Gasteiger partial charge on any atom is -0.490 e. The Kier molecular flexibility index (Phi) is 6.10. The van der Waals surface area contributed by atoms with E-state index in [1.54, 1.807) is 18.5 Å². The molecule has 5 nitrogen and oxygen atoms in total. The average molecular weight is 354 g/mol. The van der Waals surface area contributed by atoms with Crippen molar-refractivity contribution >= 4 is 5.91 Å². The van der Waals surface area contributed by atoms with Crippen LogP contribution in [-0.4, -0.2) is 35.5 Å². The summed E-state index contributed by atoms with van der Waals surface area (Å²) < 4.78 is 11.6. The Morgan fingerprint density at radius 2 is 1.85 bits per heavy atom. The number of pyridine rings is 1. The van der Waals surface area contributed by atoms with Crippen LogP contribution >= 0.6 is 0 Å². The van der Waals surface area contributed by atoms with E-state index >= 15 is 0 Å². The number of ether oxygens (including phenoxy) is 2. The summed E-state index contributed by atoms with van der Waals surface area (Å²) in [7, 11) is 0. The van der Waals surface area contributed by atoms with Crippen LogP contribution in [0.25, 0.3) is 0 Å². The molecule has 1 aromatic carbocycles. The lowest BCUT2D eigenvalue weighted by Gasteiger charge is -2.30. The number of aromatic nitrogens is 1. The second-order valence-electron chi connectivity index (χ2n) is 6.71. The molecular formula is C21H26N2O3. The van der Waals surface area contributed by atoms with Crippen LogP contribution in [0, 0.1) is 5.92 Å². The number of nitrogens with zero attached hydrogens (tertiary/aromatic N) is 2. The van der Waals surface area contributed by atoms with Gasteiger partial charge in [-0.3, -0.25) is 9.78 Å². The number of carbonyl (C=O) groups is 1. The summed E-state index contributed by atoms with van der Waals surface area (Å²) in [5, 5.41) is 0. The van der Waals surface area contributed by atoms with Crippen molar-refractivity contribution < 1.29 is 14.3 Å². The van der Waals surface area contributed by atoms with E-state index in [0.29, 0.717) is 36.2 Å². The zero-order valence-corrected chi connectivity index (χ0v) is 15.5. The maximum atomic E-state index is 12.8.